The number of carbonyl (C=O) groups is 2. The first-order valence-corrected chi connectivity index (χ1v) is 7.64. The van der Waals surface area contributed by atoms with Gasteiger partial charge in [-0.25, -0.2) is 14.6 Å². The summed E-state index contributed by atoms with van der Waals surface area (Å²) in [6, 6.07) is 6.17. The van der Waals surface area contributed by atoms with Crippen LogP contribution < -0.4 is 0 Å². The van der Waals surface area contributed by atoms with Crippen LogP contribution in [0.3, 0.4) is 0 Å². The summed E-state index contributed by atoms with van der Waals surface area (Å²) in [6.45, 7) is 0. The zero-order valence-corrected chi connectivity index (χ0v) is 13.8. The predicted molar refractivity (Wildman–Crippen MR) is 89.6 cm³/mol. The maximum absolute atomic E-state index is 12.9. The molecular weight excluding hydrogens is 379 g/mol. The Labute approximate surface area is 155 Å². The number of alkyl halides is 3. The highest BCUT2D eigenvalue weighted by molar-refractivity contribution is 5.91. The van der Waals surface area contributed by atoms with Crippen molar-refractivity contribution in [3.8, 4) is 22.8 Å². The van der Waals surface area contributed by atoms with E-state index >= 15 is 0 Å². The molecule has 0 aromatic carbocycles. The third kappa shape index (κ3) is 3.95. The molecular formula is C18H10F3N3O4. The van der Waals surface area contributed by atoms with Crippen molar-refractivity contribution in [1.82, 2.24) is 15.0 Å². The topological polar surface area (TPSA) is 113 Å². The Balaban J connectivity index is 2.18. The summed E-state index contributed by atoms with van der Waals surface area (Å²) >= 11 is 0. The Morgan fingerprint density at radius 1 is 0.750 bits per heavy atom. The fourth-order valence-corrected chi connectivity index (χ4v) is 2.37. The van der Waals surface area contributed by atoms with Crippen LogP contribution in [0.1, 0.15) is 26.3 Å². The lowest BCUT2D eigenvalue weighted by molar-refractivity contribution is -0.137. The van der Waals surface area contributed by atoms with Crippen molar-refractivity contribution in [2.75, 3.05) is 0 Å². The van der Waals surface area contributed by atoms with Crippen LogP contribution in [-0.2, 0) is 6.18 Å². The number of rotatable bonds is 4. The van der Waals surface area contributed by atoms with Crippen molar-refractivity contribution >= 4 is 11.9 Å². The van der Waals surface area contributed by atoms with Crippen LogP contribution in [0.15, 0.2) is 48.8 Å². The normalized spacial score (nSPS) is 11.2. The number of nitrogens with zero attached hydrogens (tertiary/aromatic N) is 3. The Morgan fingerprint density at radius 2 is 1.25 bits per heavy atom. The van der Waals surface area contributed by atoms with E-state index in [1.807, 2.05) is 0 Å². The third-order valence-electron chi connectivity index (χ3n) is 3.69. The molecule has 0 unspecified atom stereocenters. The molecule has 0 saturated heterocycles. The lowest BCUT2D eigenvalue weighted by Crippen LogP contribution is -2.06. The maximum Gasteiger partial charge on any atom is 0.416 e. The molecule has 0 spiro atoms. The van der Waals surface area contributed by atoms with Crippen molar-refractivity contribution in [3.05, 3.63) is 65.5 Å². The molecule has 0 radical (unpaired) electrons. The van der Waals surface area contributed by atoms with E-state index in [0.29, 0.717) is 0 Å². The highest BCUT2D eigenvalue weighted by atomic mass is 19.4. The summed E-state index contributed by atoms with van der Waals surface area (Å²) < 4.78 is 38.8. The predicted octanol–water partition coefficient (Wildman–Crippen LogP) is 3.62. The summed E-state index contributed by atoms with van der Waals surface area (Å²) in [5.41, 5.74) is -1.61. The quantitative estimate of drug-likeness (QED) is 0.701. The van der Waals surface area contributed by atoms with Gasteiger partial charge in [0.1, 0.15) is 0 Å². The van der Waals surface area contributed by atoms with Crippen LogP contribution in [0.5, 0.6) is 0 Å². The summed E-state index contributed by atoms with van der Waals surface area (Å²) in [7, 11) is 0. The van der Waals surface area contributed by atoms with Crippen molar-refractivity contribution in [3.63, 3.8) is 0 Å². The molecule has 0 aliphatic carbocycles. The molecule has 3 aromatic rings. The van der Waals surface area contributed by atoms with Crippen molar-refractivity contribution in [2.24, 2.45) is 0 Å². The molecule has 3 aromatic heterocycles. The summed E-state index contributed by atoms with van der Waals surface area (Å²) in [4.78, 5) is 34.5. The molecule has 7 nitrogen and oxygen atoms in total. The monoisotopic (exact) mass is 389 g/mol. The van der Waals surface area contributed by atoms with Crippen LogP contribution in [-0.4, -0.2) is 37.1 Å². The molecule has 10 heteroatoms. The van der Waals surface area contributed by atoms with Crippen molar-refractivity contribution < 1.29 is 33.0 Å². The van der Waals surface area contributed by atoms with Gasteiger partial charge >= 0.3 is 18.1 Å². The van der Waals surface area contributed by atoms with Crippen LogP contribution >= 0.6 is 0 Å². The SMILES string of the molecule is O=C(O)c1ccnc(-c2cc(C(=O)O)cc(-c3cc(C(F)(F)F)ccn3)n2)c1. The summed E-state index contributed by atoms with van der Waals surface area (Å²) in [6.07, 6.45) is -2.46. The molecule has 0 atom stereocenters. The minimum absolute atomic E-state index is 0.0165. The van der Waals surface area contributed by atoms with Gasteiger partial charge in [-0.3, -0.25) is 9.97 Å². The standard InChI is InChI=1S/C18H10F3N3O4/c19-18(20,21)11-2-4-23-13(8-11)15-7-10(17(27)28)6-14(24-15)12-5-9(16(25)26)1-3-22-12/h1-8H,(H,25,26)(H,27,28). The smallest absolute Gasteiger partial charge is 0.416 e. The van der Waals surface area contributed by atoms with Crippen LogP contribution in [0.4, 0.5) is 13.2 Å². The Hall–Kier alpha value is -3.82. The van der Waals surface area contributed by atoms with Gasteiger partial charge in [0.2, 0.25) is 0 Å². The largest absolute Gasteiger partial charge is 0.478 e. The number of pyridine rings is 3. The molecule has 0 aliphatic heterocycles. The van der Waals surface area contributed by atoms with E-state index in [2.05, 4.69) is 15.0 Å². The second kappa shape index (κ2) is 7.06. The Bertz CT molecular complexity index is 1080. The average molecular weight is 389 g/mol. The number of carboxylic acids is 2. The van der Waals surface area contributed by atoms with E-state index in [1.165, 1.54) is 18.3 Å². The van der Waals surface area contributed by atoms with E-state index in [-0.39, 0.29) is 33.9 Å². The Kier molecular flexibility index (Phi) is 4.78. The summed E-state index contributed by atoms with van der Waals surface area (Å²) in [5, 5.41) is 18.4. The number of carboxylic acid groups (broad SMARTS) is 2. The van der Waals surface area contributed by atoms with Crippen LogP contribution in [0, 0.1) is 0 Å². The highest BCUT2D eigenvalue weighted by Gasteiger charge is 2.31. The molecule has 142 valence electrons. The van der Waals surface area contributed by atoms with Gasteiger partial charge < -0.3 is 10.2 Å². The van der Waals surface area contributed by atoms with Gasteiger partial charge in [0, 0.05) is 12.4 Å². The first kappa shape index (κ1) is 19.0. The lowest BCUT2D eigenvalue weighted by atomic mass is 10.1. The van der Waals surface area contributed by atoms with Gasteiger partial charge in [-0.2, -0.15) is 13.2 Å². The van der Waals surface area contributed by atoms with E-state index < -0.39 is 23.7 Å². The van der Waals surface area contributed by atoms with Gasteiger partial charge in [0.05, 0.1) is 39.5 Å². The minimum Gasteiger partial charge on any atom is -0.478 e. The van der Waals surface area contributed by atoms with Gasteiger partial charge in [0.15, 0.2) is 0 Å². The van der Waals surface area contributed by atoms with E-state index in [4.69, 9.17) is 5.11 Å². The Morgan fingerprint density at radius 3 is 1.79 bits per heavy atom. The number of hydrogen-bond donors (Lipinski definition) is 2. The molecule has 0 fully saturated rings. The second-order valence-corrected chi connectivity index (χ2v) is 5.59. The molecule has 28 heavy (non-hydrogen) atoms. The molecule has 0 aliphatic rings. The number of halogens is 3. The molecule has 0 amide bonds. The molecule has 0 saturated carbocycles. The summed E-state index contributed by atoms with van der Waals surface area (Å²) in [5.74, 6) is -2.57. The molecule has 2 N–H and O–H groups in total. The van der Waals surface area contributed by atoms with Gasteiger partial charge in [-0.05, 0) is 36.4 Å². The fraction of sp³-hybridized carbons (Fsp3) is 0.0556. The van der Waals surface area contributed by atoms with Gasteiger partial charge in [-0.1, -0.05) is 0 Å². The average Bonchev–Trinajstić information content (AvgIpc) is 2.67. The van der Waals surface area contributed by atoms with Gasteiger partial charge in [-0.15, -0.1) is 0 Å². The van der Waals surface area contributed by atoms with Crippen LogP contribution in [0.25, 0.3) is 22.8 Å². The zero-order valence-electron chi connectivity index (χ0n) is 13.8. The first-order valence-electron chi connectivity index (χ1n) is 7.64. The third-order valence-corrected chi connectivity index (χ3v) is 3.69. The maximum atomic E-state index is 12.9. The highest BCUT2D eigenvalue weighted by Crippen LogP contribution is 2.31. The van der Waals surface area contributed by atoms with Crippen molar-refractivity contribution in [1.29, 1.82) is 0 Å². The number of hydrogen-bond acceptors (Lipinski definition) is 5. The van der Waals surface area contributed by atoms with E-state index in [0.717, 1.165) is 30.5 Å². The van der Waals surface area contributed by atoms with Crippen LogP contribution in [0.2, 0.25) is 0 Å². The first-order chi connectivity index (χ1) is 13.1. The van der Waals surface area contributed by atoms with Crippen molar-refractivity contribution in [2.45, 2.75) is 6.18 Å². The zero-order chi connectivity index (χ0) is 20.5. The van der Waals surface area contributed by atoms with E-state index in [1.54, 1.807) is 0 Å². The number of aromatic nitrogens is 3. The molecule has 3 heterocycles. The molecule has 3 rings (SSSR count). The minimum atomic E-state index is -4.61. The second-order valence-electron chi connectivity index (χ2n) is 5.59. The number of aromatic carboxylic acids is 2. The fourth-order valence-electron chi connectivity index (χ4n) is 2.37. The van der Waals surface area contributed by atoms with Gasteiger partial charge in [0.25, 0.3) is 0 Å². The van der Waals surface area contributed by atoms with E-state index in [9.17, 15) is 27.9 Å². The lowest BCUT2D eigenvalue weighted by Gasteiger charge is -2.10. The molecule has 0 bridgehead atoms.